The number of aromatic hydroxyl groups is 1. The summed E-state index contributed by atoms with van der Waals surface area (Å²) in [6.45, 7) is 0. The van der Waals surface area contributed by atoms with E-state index in [1.165, 1.54) is 6.07 Å². The molecule has 0 fully saturated rings. The van der Waals surface area contributed by atoms with Gasteiger partial charge in [-0.25, -0.2) is 13.8 Å². The van der Waals surface area contributed by atoms with Gasteiger partial charge in [0.2, 0.25) is 0 Å². The second-order valence-electron chi connectivity index (χ2n) is 2.36. The third kappa shape index (κ3) is 1.66. The first-order chi connectivity index (χ1) is 6.60. The molecule has 0 unspecified atom stereocenters. The molecular weight excluding hydrogens is 194 g/mol. The maximum Gasteiger partial charge on any atom is 0.284 e. The number of carbonyl (C=O) groups excluding carboxylic acids is 1. The smallest absolute Gasteiger partial charge is 0.284 e. The van der Waals surface area contributed by atoms with Crippen LogP contribution in [0, 0.1) is 11.3 Å². The van der Waals surface area contributed by atoms with Gasteiger partial charge in [0.15, 0.2) is 12.0 Å². The maximum absolute atomic E-state index is 12.2. The minimum Gasteiger partial charge on any atom is -0.506 e. The van der Waals surface area contributed by atoms with Crippen LogP contribution in [0.5, 0.6) is 5.75 Å². The number of nitriles is 1. The molecule has 1 aromatic heterocycles. The van der Waals surface area contributed by atoms with Gasteiger partial charge in [0.1, 0.15) is 17.5 Å². The molecule has 0 saturated heterocycles. The van der Waals surface area contributed by atoms with Crippen LogP contribution in [0.2, 0.25) is 0 Å². The third-order valence-electron chi connectivity index (χ3n) is 1.50. The number of hydrogen-bond acceptors (Lipinski definition) is 4. The Labute approximate surface area is 77.4 Å². The molecule has 0 aliphatic carbocycles. The average Bonchev–Trinajstić information content (AvgIpc) is 2.16. The summed E-state index contributed by atoms with van der Waals surface area (Å²) in [7, 11) is 0. The summed E-state index contributed by atoms with van der Waals surface area (Å²) in [6.07, 6.45) is -2.72. The number of carbonyl (C=O) groups is 1. The van der Waals surface area contributed by atoms with E-state index in [-0.39, 0.29) is 11.8 Å². The Morgan fingerprint density at radius 3 is 2.71 bits per heavy atom. The van der Waals surface area contributed by atoms with Crippen molar-refractivity contribution in [2.45, 2.75) is 6.43 Å². The van der Waals surface area contributed by atoms with Gasteiger partial charge in [-0.2, -0.15) is 5.26 Å². The number of hydrogen-bond donors (Lipinski definition) is 1. The molecule has 0 atom stereocenters. The van der Waals surface area contributed by atoms with Gasteiger partial charge in [0, 0.05) is 0 Å². The van der Waals surface area contributed by atoms with Gasteiger partial charge in [0.05, 0.1) is 5.56 Å². The van der Waals surface area contributed by atoms with Crippen LogP contribution < -0.4 is 0 Å². The molecule has 1 N–H and O–H groups in total. The summed E-state index contributed by atoms with van der Waals surface area (Å²) in [5.74, 6) is -0.791. The highest BCUT2D eigenvalue weighted by Crippen LogP contribution is 2.27. The normalized spacial score (nSPS) is 9.86. The molecule has 1 aromatic rings. The minimum absolute atomic E-state index is 0.214. The van der Waals surface area contributed by atoms with E-state index in [1.807, 2.05) is 0 Å². The number of rotatable bonds is 2. The first-order valence-electron chi connectivity index (χ1n) is 3.47. The van der Waals surface area contributed by atoms with Gasteiger partial charge < -0.3 is 5.11 Å². The summed E-state index contributed by atoms with van der Waals surface area (Å²) >= 11 is 0. The van der Waals surface area contributed by atoms with E-state index in [9.17, 15) is 13.6 Å². The fraction of sp³-hybridized carbons (Fsp3) is 0.125. The van der Waals surface area contributed by atoms with Gasteiger partial charge >= 0.3 is 0 Å². The van der Waals surface area contributed by atoms with Crippen molar-refractivity contribution in [3.63, 3.8) is 0 Å². The van der Waals surface area contributed by atoms with E-state index in [0.717, 1.165) is 6.07 Å². The summed E-state index contributed by atoms with van der Waals surface area (Å²) in [6, 6.07) is 2.27. The molecule has 0 radical (unpaired) electrons. The molecule has 6 heteroatoms. The van der Waals surface area contributed by atoms with Crippen molar-refractivity contribution < 1.29 is 18.7 Å². The number of nitrogens with zero attached hydrogens (tertiary/aromatic N) is 2. The highest BCUT2D eigenvalue weighted by molar-refractivity contribution is 5.78. The Hall–Kier alpha value is -2.03. The number of pyridine rings is 1. The number of alkyl halides is 2. The molecule has 0 amide bonds. The van der Waals surface area contributed by atoms with Crippen molar-refractivity contribution in [3.05, 3.63) is 23.0 Å². The van der Waals surface area contributed by atoms with Crippen molar-refractivity contribution in [2.75, 3.05) is 0 Å². The van der Waals surface area contributed by atoms with Gasteiger partial charge in [-0.1, -0.05) is 0 Å². The van der Waals surface area contributed by atoms with E-state index in [4.69, 9.17) is 10.4 Å². The zero-order valence-electron chi connectivity index (χ0n) is 6.74. The molecule has 4 nitrogen and oxygen atoms in total. The first-order valence-corrected chi connectivity index (χ1v) is 3.47. The molecule has 1 rings (SSSR count). The number of aromatic nitrogens is 1. The zero-order chi connectivity index (χ0) is 10.7. The lowest BCUT2D eigenvalue weighted by Gasteiger charge is -2.03. The van der Waals surface area contributed by atoms with Crippen LogP contribution >= 0.6 is 0 Å². The van der Waals surface area contributed by atoms with Crippen LogP contribution in [0.3, 0.4) is 0 Å². The lowest BCUT2D eigenvalue weighted by atomic mass is 10.2. The third-order valence-corrected chi connectivity index (χ3v) is 1.50. The SMILES string of the molecule is N#Cc1nc(C(F)F)c(O)cc1C=O. The predicted molar refractivity (Wildman–Crippen MR) is 41.0 cm³/mol. The lowest BCUT2D eigenvalue weighted by Crippen LogP contribution is -1.98. The quantitative estimate of drug-likeness (QED) is 0.729. The van der Waals surface area contributed by atoms with Crippen molar-refractivity contribution in [3.8, 4) is 11.8 Å². The Morgan fingerprint density at radius 2 is 2.29 bits per heavy atom. The number of halogens is 2. The molecular formula is C8H4F2N2O2. The first kappa shape index (κ1) is 10.1. The van der Waals surface area contributed by atoms with Crippen LogP contribution in [-0.2, 0) is 0 Å². The van der Waals surface area contributed by atoms with Crippen molar-refractivity contribution in [1.29, 1.82) is 5.26 Å². The predicted octanol–water partition coefficient (Wildman–Crippen LogP) is 1.41. The second kappa shape index (κ2) is 3.79. The fourth-order valence-corrected chi connectivity index (χ4v) is 0.872. The second-order valence-corrected chi connectivity index (χ2v) is 2.36. The largest absolute Gasteiger partial charge is 0.506 e. The monoisotopic (exact) mass is 198 g/mol. The summed E-state index contributed by atoms with van der Waals surface area (Å²) in [5, 5.41) is 17.5. The average molecular weight is 198 g/mol. The number of aldehydes is 1. The molecule has 0 spiro atoms. The van der Waals surface area contributed by atoms with E-state index in [2.05, 4.69) is 4.98 Å². The molecule has 1 heterocycles. The summed E-state index contributed by atoms with van der Waals surface area (Å²) in [4.78, 5) is 13.5. The summed E-state index contributed by atoms with van der Waals surface area (Å²) in [5.41, 5.74) is -1.53. The topological polar surface area (TPSA) is 74.0 Å². The highest BCUT2D eigenvalue weighted by atomic mass is 19.3. The molecule has 14 heavy (non-hydrogen) atoms. The molecule has 0 aliphatic rings. The Kier molecular flexibility index (Phi) is 2.72. The molecule has 0 bridgehead atoms. The van der Waals surface area contributed by atoms with Crippen LogP contribution in [-0.4, -0.2) is 16.4 Å². The van der Waals surface area contributed by atoms with E-state index >= 15 is 0 Å². The van der Waals surface area contributed by atoms with Crippen molar-refractivity contribution in [2.24, 2.45) is 0 Å². The molecule has 0 aliphatic heterocycles. The van der Waals surface area contributed by atoms with Gasteiger partial charge in [0.25, 0.3) is 6.43 Å². The minimum atomic E-state index is -2.98. The van der Waals surface area contributed by atoms with E-state index in [1.54, 1.807) is 0 Å². The Morgan fingerprint density at radius 1 is 1.64 bits per heavy atom. The van der Waals surface area contributed by atoms with Crippen LogP contribution in [0.25, 0.3) is 0 Å². The Balaban J connectivity index is 3.39. The van der Waals surface area contributed by atoms with Crippen molar-refractivity contribution >= 4 is 6.29 Å². The lowest BCUT2D eigenvalue weighted by molar-refractivity contribution is 0.112. The summed E-state index contributed by atoms with van der Waals surface area (Å²) < 4.78 is 24.3. The zero-order valence-corrected chi connectivity index (χ0v) is 6.74. The van der Waals surface area contributed by atoms with Crippen LogP contribution in [0.4, 0.5) is 8.78 Å². The molecule has 0 saturated carbocycles. The fourth-order valence-electron chi connectivity index (χ4n) is 0.872. The standard InChI is InChI=1S/C8H4F2N2O2/c9-8(10)7-6(14)1-4(3-13)5(2-11)12-7/h1,3,8,14H. The maximum atomic E-state index is 12.2. The van der Waals surface area contributed by atoms with Gasteiger partial charge in [-0.3, -0.25) is 4.79 Å². The highest BCUT2D eigenvalue weighted by Gasteiger charge is 2.18. The van der Waals surface area contributed by atoms with Crippen LogP contribution in [0.15, 0.2) is 6.07 Å². The van der Waals surface area contributed by atoms with E-state index < -0.39 is 23.6 Å². The van der Waals surface area contributed by atoms with Gasteiger partial charge in [-0.05, 0) is 6.07 Å². The van der Waals surface area contributed by atoms with E-state index in [0.29, 0.717) is 0 Å². The van der Waals surface area contributed by atoms with Crippen LogP contribution in [0.1, 0.15) is 28.2 Å². The molecule has 0 aromatic carbocycles. The Bertz CT molecular complexity index is 413. The van der Waals surface area contributed by atoms with Gasteiger partial charge in [-0.15, -0.1) is 0 Å². The van der Waals surface area contributed by atoms with Crippen molar-refractivity contribution in [1.82, 2.24) is 4.98 Å². The molecule has 72 valence electrons.